The quantitative estimate of drug-likeness (QED) is 0.765. The summed E-state index contributed by atoms with van der Waals surface area (Å²) in [6, 6.07) is 8.33. The lowest BCUT2D eigenvalue weighted by molar-refractivity contribution is -0.254. The van der Waals surface area contributed by atoms with Gasteiger partial charge in [-0.25, -0.2) is 0 Å². The second-order valence-corrected chi connectivity index (χ2v) is 5.30. The molecule has 1 nitrogen and oxygen atoms in total. The van der Waals surface area contributed by atoms with Crippen molar-refractivity contribution in [2.75, 3.05) is 0 Å². The van der Waals surface area contributed by atoms with Crippen molar-refractivity contribution in [2.24, 2.45) is 0 Å². The Hall–Kier alpha value is -0.740. The summed E-state index contributed by atoms with van der Waals surface area (Å²) < 4.78 is 3.74. The molecule has 0 amide bonds. The molecular weight excluding hydrogens is 273 g/mol. The number of hydrogen-bond donors (Lipinski definition) is 1. The van der Waals surface area contributed by atoms with E-state index in [0.29, 0.717) is 0 Å². The molecule has 0 saturated heterocycles. The molecular formula is C11H11IN+. The minimum absolute atomic E-state index is 0.0627. The Labute approximate surface area is 87.7 Å². The molecule has 0 aliphatic carbocycles. The third-order valence-electron chi connectivity index (χ3n) is 1.88. The monoisotopic (exact) mass is 284 g/mol. The van der Waals surface area contributed by atoms with E-state index in [1.165, 1.54) is 9.07 Å². The van der Waals surface area contributed by atoms with Gasteiger partial charge in [0.15, 0.2) is 0 Å². The molecule has 1 aromatic carbocycles. The molecule has 0 radical (unpaired) electrons. The van der Waals surface area contributed by atoms with Crippen LogP contribution < -0.4 is 5.73 Å². The van der Waals surface area contributed by atoms with Crippen molar-refractivity contribution in [3.8, 4) is 0 Å². The fraction of sp³-hybridized carbons (Fsp3) is 0. The van der Waals surface area contributed by atoms with Gasteiger partial charge in [0.1, 0.15) is 5.69 Å². The molecule has 0 spiro atoms. The molecule has 0 unspecified atom stereocenters. The minimum Gasteiger partial charge on any atom is -0.325 e. The van der Waals surface area contributed by atoms with E-state index < -0.39 is 0 Å². The third kappa shape index (κ3) is 1.95. The zero-order valence-corrected chi connectivity index (χ0v) is 9.36. The number of hydrogen-bond acceptors (Lipinski definition) is 0. The van der Waals surface area contributed by atoms with Crippen molar-refractivity contribution < 1.29 is 5.73 Å². The second-order valence-electron chi connectivity index (χ2n) is 2.79. The van der Waals surface area contributed by atoms with Crippen LogP contribution in [0.1, 0.15) is 5.56 Å². The lowest BCUT2D eigenvalue weighted by atomic mass is 10.1. The first-order chi connectivity index (χ1) is 6.38. The number of benzene rings is 1. The van der Waals surface area contributed by atoms with Crippen LogP contribution in [0.4, 0.5) is 5.69 Å². The Morgan fingerprint density at radius 1 is 1.08 bits per heavy atom. The van der Waals surface area contributed by atoms with Gasteiger partial charge >= 0.3 is 0 Å². The van der Waals surface area contributed by atoms with Crippen molar-refractivity contribution in [1.82, 2.24) is 0 Å². The van der Waals surface area contributed by atoms with Gasteiger partial charge in [0.25, 0.3) is 0 Å². The summed E-state index contributed by atoms with van der Waals surface area (Å²) >= 11 is 0.0627. The number of allylic oxidation sites excluding steroid dienone is 3. The van der Waals surface area contributed by atoms with E-state index in [9.17, 15) is 0 Å². The van der Waals surface area contributed by atoms with Crippen molar-refractivity contribution in [3.05, 3.63) is 52.1 Å². The van der Waals surface area contributed by atoms with Crippen LogP contribution in [0.3, 0.4) is 0 Å². The molecule has 66 valence electrons. The predicted octanol–water partition coefficient (Wildman–Crippen LogP) is 2.13. The molecule has 0 aromatic heterocycles. The molecule has 0 bridgehead atoms. The first kappa shape index (κ1) is 8.84. The van der Waals surface area contributed by atoms with Crippen molar-refractivity contribution in [3.63, 3.8) is 0 Å². The van der Waals surface area contributed by atoms with Crippen LogP contribution >= 0.6 is 20.7 Å². The molecule has 1 aromatic rings. The summed E-state index contributed by atoms with van der Waals surface area (Å²) in [5.74, 6) is 0. The number of rotatable bonds is 1. The molecule has 1 heterocycles. The number of quaternary nitrogens is 1. The highest BCUT2D eigenvalue weighted by molar-refractivity contribution is 14.2. The van der Waals surface area contributed by atoms with E-state index >= 15 is 0 Å². The highest BCUT2D eigenvalue weighted by Gasteiger charge is 2.04. The van der Waals surface area contributed by atoms with E-state index in [1.54, 1.807) is 0 Å². The molecule has 2 heteroatoms. The highest BCUT2D eigenvalue weighted by atomic mass is 127. The first-order valence-corrected chi connectivity index (χ1v) is 6.45. The van der Waals surface area contributed by atoms with Gasteiger partial charge in [-0.05, 0) is 22.3 Å². The van der Waals surface area contributed by atoms with E-state index in [2.05, 4.69) is 46.2 Å². The second kappa shape index (κ2) is 3.98. The molecule has 3 N–H and O–H groups in total. The van der Waals surface area contributed by atoms with E-state index in [-0.39, 0.29) is 20.7 Å². The van der Waals surface area contributed by atoms with Crippen LogP contribution in [0, 0.1) is 0 Å². The van der Waals surface area contributed by atoms with E-state index in [0.717, 1.165) is 5.69 Å². The average molecular weight is 284 g/mol. The summed E-state index contributed by atoms with van der Waals surface area (Å²) in [6.07, 6.45) is 6.44. The Kier molecular flexibility index (Phi) is 2.71. The molecule has 13 heavy (non-hydrogen) atoms. The molecule has 0 atom stereocenters. The Morgan fingerprint density at radius 3 is 2.62 bits per heavy atom. The third-order valence-corrected chi connectivity index (χ3v) is 4.27. The van der Waals surface area contributed by atoms with Crippen LogP contribution in [0.25, 0.3) is 0 Å². The Balaban J connectivity index is 2.47. The SMILES string of the molecule is [NH3+]c1ccccc1C1=IC=CC=C1. The van der Waals surface area contributed by atoms with Crippen LogP contribution in [0.2, 0.25) is 0 Å². The summed E-state index contributed by atoms with van der Waals surface area (Å²) in [4.78, 5) is 0. The van der Waals surface area contributed by atoms with Gasteiger partial charge in [0, 0.05) is 9.07 Å². The zero-order chi connectivity index (χ0) is 9.10. The molecule has 1 aliphatic rings. The van der Waals surface area contributed by atoms with Gasteiger partial charge in [-0.15, -0.1) is 0 Å². The van der Waals surface area contributed by atoms with Crippen molar-refractivity contribution >= 4 is 29.9 Å². The maximum atomic E-state index is 4.03. The maximum Gasteiger partial charge on any atom is 0.136 e. The standard InChI is InChI=1S/C11H10IN/c13-11-7-2-1-5-9(11)10-6-3-4-8-12-10/h1-8H,13H2/p+1. The summed E-state index contributed by atoms with van der Waals surface area (Å²) in [7, 11) is 0. The van der Waals surface area contributed by atoms with E-state index in [1.807, 2.05) is 6.07 Å². The largest absolute Gasteiger partial charge is 0.325 e. The Morgan fingerprint density at radius 2 is 1.92 bits per heavy atom. The van der Waals surface area contributed by atoms with E-state index in [4.69, 9.17) is 0 Å². The average Bonchev–Trinajstić information content (AvgIpc) is 2.20. The minimum atomic E-state index is 0.0627. The normalized spacial score (nSPS) is 15.0. The van der Waals surface area contributed by atoms with Gasteiger partial charge in [-0.2, -0.15) is 0 Å². The predicted molar refractivity (Wildman–Crippen MR) is 65.4 cm³/mol. The zero-order valence-electron chi connectivity index (χ0n) is 7.20. The van der Waals surface area contributed by atoms with Gasteiger partial charge in [-0.1, -0.05) is 45.0 Å². The lowest BCUT2D eigenvalue weighted by Crippen LogP contribution is -2.41. The van der Waals surface area contributed by atoms with Crippen LogP contribution in [0.15, 0.2) is 46.6 Å². The van der Waals surface area contributed by atoms with Gasteiger partial charge < -0.3 is 5.73 Å². The maximum absolute atomic E-state index is 4.03. The summed E-state index contributed by atoms with van der Waals surface area (Å²) in [5.41, 5.74) is 6.49. The summed E-state index contributed by atoms with van der Waals surface area (Å²) in [5, 5.41) is 0. The number of halogens is 1. The highest BCUT2D eigenvalue weighted by Crippen LogP contribution is 2.19. The topological polar surface area (TPSA) is 27.6 Å². The fourth-order valence-corrected chi connectivity index (χ4v) is 3.34. The summed E-state index contributed by atoms with van der Waals surface area (Å²) in [6.45, 7) is 0. The first-order valence-electron chi connectivity index (χ1n) is 4.13. The fourth-order valence-electron chi connectivity index (χ4n) is 1.22. The molecule has 2 rings (SSSR count). The molecule has 0 saturated carbocycles. The van der Waals surface area contributed by atoms with Gasteiger partial charge in [0.2, 0.25) is 0 Å². The molecule has 1 aliphatic heterocycles. The van der Waals surface area contributed by atoms with Crippen LogP contribution in [-0.4, -0.2) is 3.51 Å². The van der Waals surface area contributed by atoms with Crippen molar-refractivity contribution in [1.29, 1.82) is 0 Å². The van der Waals surface area contributed by atoms with Crippen molar-refractivity contribution in [2.45, 2.75) is 0 Å². The smallest absolute Gasteiger partial charge is 0.136 e. The van der Waals surface area contributed by atoms with Gasteiger partial charge in [0.05, 0.1) is 0 Å². The molecule has 0 fully saturated rings. The lowest BCUT2D eigenvalue weighted by Gasteiger charge is -2.03. The Bertz CT molecular complexity index is 402. The van der Waals surface area contributed by atoms with Crippen LogP contribution in [0.5, 0.6) is 0 Å². The van der Waals surface area contributed by atoms with Crippen LogP contribution in [-0.2, 0) is 0 Å². The van der Waals surface area contributed by atoms with Gasteiger partial charge in [-0.3, -0.25) is 0 Å².